The minimum atomic E-state index is -0.705. The van der Waals surface area contributed by atoms with Crippen LogP contribution in [0, 0.1) is 0 Å². The Labute approximate surface area is 117 Å². The zero-order valence-corrected chi connectivity index (χ0v) is 11.1. The molecular formula is C14H18N4O2. The minimum Gasteiger partial charge on any atom is -0.368 e. The van der Waals surface area contributed by atoms with E-state index in [1.54, 1.807) is 17.1 Å². The molecule has 0 saturated carbocycles. The molecule has 1 amide bonds. The molecule has 6 heteroatoms. The normalized spacial score (nSPS) is 12.2. The highest BCUT2D eigenvalue weighted by atomic mass is 16.5. The quantitative estimate of drug-likeness (QED) is 0.764. The summed E-state index contributed by atoms with van der Waals surface area (Å²) in [5.41, 5.74) is 12.5. The number of aromatic nitrogens is 2. The van der Waals surface area contributed by atoms with Crippen molar-refractivity contribution in [2.45, 2.75) is 25.8 Å². The van der Waals surface area contributed by atoms with Gasteiger partial charge in [-0.1, -0.05) is 30.3 Å². The van der Waals surface area contributed by atoms with Crippen LogP contribution in [0.4, 0.5) is 0 Å². The van der Waals surface area contributed by atoms with Gasteiger partial charge in [-0.25, -0.2) is 4.98 Å². The Hall–Kier alpha value is -2.18. The number of nitrogens with zero attached hydrogens (tertiary/aromatic N) is 2. The molecule has 0 aliphatic carbocycles. The van der Waals surface area contributed by atoms with Crippen LogP contribution < -0.4 is 11.5 Å². The largest absolute Gasteiger partial charge is 0.368 e. The second-order valence-corrected chi connectivity index (χ2v) is 4.56. The van der Waals surface area contributed by atoms with Crippen LogP contribution in [0.5, 0.6) is 0 Å². The van der Waals surface area contributed by atoms with E-state index in [1.165, 1.54) is 0 Å². The van der Waals surface area contributed by atoms with E-state index in [-0.39, 0.29) is 0 Å². The van der Waals surface area contributed by atoms with Crippen LogP contribution in [0.3, 0.4) is 0 Å². The monoisotopic (exact) mass is 274 g/mol. The lowest BCUT2D eigenvalue weighted by molar-refractivity contribution is -0.119. The number of hydrogen-bond acceptors (Lipinski definition) is 4. The maximum absolute atomic E-state index is 10.9. The Morgan fingerprint density at radius 1 is 1.35 bits per heavy atom. The lowest BCUT2D eigenvalue weighted by Crippen LogP contribution is -2.38. The van der Waals surface area contributed by atoms with Crippen molar-refractivity contribution in [3.05, 3.63) is 54.1 Å². The third-order valence-corrected chi connectivity index (χ3v) is 2.83. The number of amides is 1. The van der Waals surface area contributed by atoms with Crippen LogP contribution in [0.1, 0.15) is 11.3 Å². The van der Waals surface area contributed by atoms with Crippen LogP contribution in [-0.2, 0) is 29.3 Å². The van der Waals surface area contributed by atoms with E-state index < -0.39 is 11.9 Å². The van der Waals surface area contributed by atoms with Gasteiger partial charge in [-0.15, -0.1) is 0 Å². The molecule has 0 spiro atoms. The number of carbonyl (C=O) groups excluding carboxylic acids is 1. The number of hydrogen-bond donors (Lipinski definition) is 2. The molecule has 6 nitrogen and oxygen atoms in total. The van der Waals surface area contributed by atoms with E-state index in [0.717, 1.165) is 11.3 Å². The van der Waals surface area contributed by atoms with Crippen molar-refractivity contribution < 1.29 is 9.53 Å². The molecule has 1 heterocycles. The summed E-state index contributed by atoms with van der Waals surface area (Å²) in [5.74, 6) is -0.528. The number of nitrogens with two attached hydrogens (primary N) is 2. The molecule has 1 atom stereocenters. The van der Waals surface area contributed by atoms with Crippen molar-refractivity contribution >= 4 is 5.91 Å². The summed E-state index contributed by atoms with van der Waals surface area (Å²) in [5, 5.41) is 0. The van der Waals surface area contributed by atoms with Gasteiger partial charge in [0.05, 0.1) is 24.7 Å². The van der Waals surface area contributed by atoms with Gasteiger partial charge in [-0.3, -0.25) is 4.79 Å². The molecule has 0 unspecified atom stereocenters. The molecule has 2 aromatic rings. The first-order valence-electron chi connectivity index (χ1n) is 6.32. The average molecular weight is 274 g/mol. The van der Waals surface area contributed by atoms with E-state index in [1.807, 2.05) is 30.3 Å². The fourth-order valence-electron chi connectivity index (χ4n) is 1.75. The van der Waals surface area contributed by atoms with Gasteiger partial charge >= 0.3 is 0 Å². The predicted molar refractivity (Wildman–Crippen MR) is 74.3 cm³/mol. The molecule has 1 aromatic heterocycles. The third-order valence-electron chi connectivity index (χ3n) is 2.83. The van der Waals surface area contributed by atoms with Gasteiger partial charge in [0, 0.05) is 12.6 Å². The van der Waals surface area contributed by atoms with Crippen LogP contribution in [0.25, 0.3) is 0 Å². The van der Waals surface area contributed by atoms with Gasteiger partial charge in [-0.05, 0) is 5.56 Å². The summed E-state index contributed by atoms with van der Waals surface area (Å²) in [6, 6.07) is 9.21. The number of rotatable bonds is 7. The summed E-state index contributed by atoms with van der Waals surface area (Å²) in [6.07, 6.45) is 3.78. The van der Waals surface area contributed by atoms with E-state index in [0.29, 0.717) is 19.8 Å². The van der Waals surface area contributed by atoms with Gasteiger partial charge in [0.1, 0.15) is 6.73 Å². The average Bonchev–Trinajstić information content (AvgIpc) is 2.87. The fraction of sp³-hybridized carbons (Fsp3) is 0.286. The van der Waals surface area contributed by atoms with Crippen LogP contribution in [-0.4, -0.2) is 21.5 Å². The molecule has 0 aliphatic heterocycles. The van der Waals surface area contributed by atoms with Gasteiger partial charge in [0.25, 0.3) is 0 Å². The number of ether oxygens (including phenoxy) is 1. The maximum Gasteiger partial charge on any atom is 0.234 e. The maximum atomic E-state index is 10.9. The lowest BCUT2D eigenvalue weighted by atomic mass is 10.2. The second-order valence-electron chi connectivity index (χ2n) is 4.56. The molecule has 4 N–H and O–H groups in total. The molecule has 0 fully saturated rings. The molecule has 20 heavy (non-hydrogen) atoms. The molecule has 106 valence electrons. The third kappa shape index (κ3) is 4.18. The summed E-state index contributed by atoms with van der Waals surface area (Å²) >= 11 is 0. The summed E-state index contributed by atoms with van der Waals surface area (Å²) in [4.78, 5) is 15.0. The smallest absolute Gasteiger partial charge is 0.234 e. The highest BCUT2D eigenvalue weighted by Gasteiger charge is 2.11. The number of primary amides is 1. The molecule has 0 aliphatic rings. The van der Waals surface area contributed by atoms with E-state index >= 15 is 0 Å². The summed E-state index contributed by atoms with van der Waals surface area (Å²) < 4.78 is 7.37. The van der Waals surface area contributed by atoms with Gasteiger partial charge < -0.3 is 20.8 Å². The van der Waals surface area contributed by atoms with Crippen molar-refractivity contribution in [1.29, 1.82) is 0 Å². The predicted octanol–water partition coefficient (Wildman–Crippen LogP) is 0.413. The molecule has 0 radical (unpaired) electrons. The Morgan fingerprint density at radius 3 is 2.80 bits per heavy atom. The lowest BCUT2D eigenvalue weighted by Gasteiger charge is -2.05. The molecular weight excluding hydrogens is 256 g/mol. The molecule has 1 aromatic carbocycles. The Kier molecular flexibility index (Phi) is 4.86. The molecule has 2 rings (SSSR count). The first-order valence-corrected chi connectivity index (χ1v) is 6.32. The van der Waals surface area contributed by atoms with Crippen LogP contribution in [0.2, 0.25) is 0 Å². The number of benzene rings is 1. The highest BCUT2D eigenvalue weighted by molar-refractivity contribution is 5.79. The van der Waals surface area contributed by atoms with Crippen molar-refractivity contribution in [2.24, 2.45) is 11.5 Å². The Morgan fingerprint density at radius 2 is 2.10 bits per heavy atom. The minimum absolute atomic E-state index is 0.334. The second kappa shape index (κ2) is 6.83. The fourth-order valence-corrected chi connectivity index (χ4v) is 1.75. The zero-order chi connectivity index (χ0) is 14.4. The van der Waals surface area contributed by atoms with E-state index in [9.17, 15) is 4.79 Å². The van der Waals surface area contributed by atoms with E-state index in [4.69, 9.17) is 16.2 Å². The highest BCUT2D eigenvalue weighted by Crippen LogP contribution is 2.03. The van der Waals surface area contributed by atoms with Crippen molar-refractivity contribution in [2.75, 3.05) is 0 Å². The standard InChI is InChI=1S/C14H18N4O2/c15-13(14(16)19)6-12-7-18(9-17-12)10-20-8-11-4-2-1-3-5-11/h1-5,7,9,13H,6,8,10,15H2,(H2,16,19)/t13-/m0/s1. The SMILES string of the molecule is NC(=O)[C@@H](N)Cc1cn(COCc2ccccc2)cn1. The van der Waals surface area contributed by atoms with Crippen molar-refractivity contribution in [1.82, 2.24) is 9.55 Å². The summed E-state index contributed by atoms with van der Waals surface area (Å²) in [6.45, 7) is 0.933. The Balaban J connectivity index is 1.79. The van der Waals surface area contributed by atoms with Gasteiger partial charge in [0.2, 0.25) is 5.91 Å². The zero-order valence-electron chi connectivity index (χ0n) is 11.1. The number of imidazole rings is 1. The first kappa shape index (κ1) is 14.2. The van der Waals surface area contributed by atoms with Crippen LogP contribution in [0.15, 0.2) is 42.9 Å². The number of carbonyl (C=O) groups is 1. The van der Waals surface area contributed by atoms with Crippen LogP contribution >= 0.6 is 0 Å². The Bertz CT molecular complexity index is 553. The first-order chi connectivity index (χ1) is 9.65. The molecule has 0 saturated heterocycles. The van der Waals surface area contributed by atoms with Crippen molar-refractivity contribution in [3.8, 4) is 0 Å². The van der Waals surface area contributed by atoms with Crippen molar-refractivity contribution in [3.63, 3.8) is 0 Å². The van der Waals surface area contributed by atoms with E-state index in [2.05, 4.69) is 4.98 Å². The molecule has 0 bridgehead atoms. The summed E-state index contributed by atoms with van der Waals surface area (Å²) in [7, 11) is 0. The van der Waals surface area contributed by atoms with Gasteiger partial charge in [0.15, 0.2) is 0 Å². The topological polar surface area (TPSA) is 96.2 Å². The van der Waals surface area contributed by atoms with Gasteiger partial charge in [-0.2, -0.15) is 0 Å².